The van der Waals surface area contributed by atoms with Gasteiger partial charge in [0.2, 0.25) is 0 Å². The number of nitrogens with zero attached hydrogens (tertiary/aromatic N) is 2. The predicted molar refractivity (Wildman–Crippen MR) is 184 cm³/mol. The molecule has 0 aromatic heterocycles. The number of carboxylic acid groups (broad SMARTS) is 1. The van der Waals surface area contributed by atoms with E-state index in [0.717, 1.165) is 0 Å². The molecule has 0 radical (unpaired) electrons. The molecule has 19 heteroatoms. The summed E-state index contributed by atoms with van der Waals surface area (Å²) >= 11 is 0. The number of carbonyl (C=O) groups excluding carboxylic acids is 2. The molecule has 0 aromatic rings. The zero-order chi connectivity index (χ0) is 34.3. The van der Waals surface area contributed by atoms with Gasteiger partial charge in [-0.1, -0.05) is 51.0 Å². The predicted octanol–water partition coefficient (Wildman–Crippen LogP) is 1.69. The number of likely N-dealkylation sites (N-methyl/N-ethyl adjacent to an activating group) is 2. The Morgan fingerprint density at radius 2 is 1.02 bits per heavy atom. The van der Waals surface area contributed by atoms with Gasteiger partial charge >= 0.3 is 5.97 Å². The second kappa shape index (κ2) is 34.4. The monoisotopic (exact) mass is 751 g/mol. The number of esters is 1. The van der Waals surface area contributed by atoms with Crippen LogP contribution in [-0.2, 0) is 51.0 Å². The first kappa shape index (κ1) is 65.4. The number of ether oxygens (including phenoxy) is 3. The molecule has 0 aromatic carbocycles. The van der Waals surface area contributed by atoms with Crippen LogP contribution in [0.15, 0.2) is 0 Å². The highest BCUT2D eigenvalue weighted by Gasteiger charge is 2.19. The van der Waals surface area contributed by atoms with Crippen LogP contribution in [-0.4, -0.2) is 147 Å². The number of methoxy groups -OCH3 is 2. The number of rotatable bonds is 21. The smallest absolute Gasteiger partial charge is 0.305 e. The molecule has 0 bridgehead atoms. The van der Waals surface area contributed by atoms with E-state index in [2.05, 4.69) is 13.8 Å². The number of aliphatic hydroxyl groups excluding tert-OH is 1. The topological polar surface area (TPSA) is 222 Å². The molecule has 0 rings (SSSR count). The molecule has 48 heavy (non-hydrogen) atoms. The summed E-state index contributed by atoms with van der Waals surface area (Å²) in [7, 11) is 5.58. The van der Waals surface area contributed by atoms with Crippen molar-refractivity contribution in [3.63, 3.8) is 0 Å². The van der Waals surface area contributed by atoms with Crippen LogP contribution in [0.3, 0.4) is 0 Å². The largest absolute Gasteiger partial charge is 0.756 e. The maximum absolute atomic E-state index is 11.6. The number of hydrogen-bond donors (Lipinski definition) is 1. The quantitative estimate of drug-likeness (QED) is 0.100. The number of carboxylic acids is 1. The maximum atomic E-state index is 11.6. The summed E-state index contributed by atoms with van der Waals surface area (Å²) in [6, 6.07) is 0. The van der Waals surface area contributed by atoms with E-state index in [1.54, 1.807) is 6.92 Å². The normalized spacial score (nSPS) is 14.2. The zero-order valence-electron chi connectivity index (χ0n) is 27.2. The van der Waals surface area contributed by atoms with Gasteiger partial charge in [-0.3, -0.25) is 13.9 Å². The number of quaternary nitrogens is 2. The van der Waals surface area contributed by atoms with Gasteiger partial charge in [-0.25, -0.2) is 0 Å². The van der Waals surface area contributed by atoms with E-state index in [1.165, 1.54) is 21.1 Å². The van der Waals surface area contributed by atoms with Gasteiger partial charge < -0.3 is 66.1 Å². The Kier molecular flexibility index (Phi) is 46.8. The Labute approximate surface area is 292 Å². The lowest BCUT2D eigenvalue weighted by Crippen LogP contribution is -2.37. The minimum atomic E-state index is -4.41. The van der Waals surface area contributed by atoms with Crippen LogP contribution in [0.2, 0.25) is 0 Å². The molecule has 0 spiro atoms. The third-order valence-corrected chi connectivity index (χ3v) is 6.38. The van der Waals surface area contributed by atoms with Crippen LogP contribution in [0.25, 0.3) is 0 Å². The number of aliphatic carboxylic acids is 1. The van der Waals surface area contributed by atoms with Crippen molar-refractivity contribution in [1.29, 1.82) is 0 Å². The third kappa shape index (κ3) is 51.8. The molecular weight excluding hydrogens is 678 g/mol. The number of carbonyl (C=O) groups is 2. The highest BCUT2D eigenvalue weighted by Crippen LogP contribution is 2.39. The van der Waals surface area contributed by atoms with E-state index >= 15 is 0 Å². The van der Waals surface area contributed by atoms with Gasteiger partial charge in [0.1, 0.15) is 38.5 Å². The first-order chi connectivity index (χ1) is 19.5. The van der Waals surface area contributed by atoms with Gasteiger partial charge in [0, 0.05) is 26.6 Å². The Bertz CT molecular complexity index is 838. The van der Waals surface area contributed by atoms with Gasteiger partial charge in [-0.05, 0) is 6.42 Å². The molecule has 0 fully saturated rings. The van der Waals surface area contributed by atoms with E-state index in [0.29, 0.717) is 22.1 Å². The second-order valence-corrected chi connectivity index (χ2v) is 13.8. The van der Waals surface area contributed by atoms with Crippen molar-refractivity contribution in [3.8, 4) is 0 Å². The molecule has 0 aliphatic carbocycles. The number of aliphatic hydroxyl groups is 1. The van der Waals surface area contributed by atoms with E-state index in [9.17, 15) is 38.7 Å². The minimum absolute atomic E-state index is 0. The summed E-state index contributed by atoms with van der Waals surface area (Å²) in [4.78, 5) is 43.3. The summed E-state index contributed by atoms with van der Waals surface area (Å²) in [5.74, 6) is -1.45. The lowest BCUT2D eigenvalue weighted by atomic mass is 10.4. The number of hydrogen-bond acceptors (Lipinski definition) is 15. The molecule has 300 valence electrons. The molecule has 0 aliphatic rings. The molecule has 4 atom stereocenters. The molecule has 4 unspecified atom stereocenters. The van der Waals surface area contributed by atoms with Crippen molar-refractivity contribution < 1.29 is 80.0 Å². The van der Waals surface area contributed by atoms with Gasteiger partial charge in [0.05, 0.1) is 68.7 Å². The average Bonchev–Trinajstić information content (AvgIpc) is 2.85. The molecule has 1 N–H and O–H groups in total. The first-order valence-corrected chi connectivity index (χ1v) is 16.3. The molecule has 0 amide bonds. The Morgan fingerprint density at radius 1 is 0.667 bits per heavy atom. The maximum Gasteiger partial charge on any atom is 0.305 e. The Balaban J connectivity index is -0.0000000900. The van der Waals surface area contributed by atoms with Crippen LogP contribution in [0.4, 0.5) is 0 Å². The molecule has 0 saturated heterocycles. The Hall–Kier alpha value is -1.04. The van der Waals surface area contributed by atoms with Crippen LogP contribution in [0, 0.1) is 0 Å². The summed E-state index contributed by atoms with van der Waals surface area (Å²) in [5.41, 5.74) is 0. The first-order valence-electron chi connectivity index (χ1n) is 13.4. The van der Waals surface area contributed by atoms with E-state index < -0.39 is 39.8 Å². The lowest BCUT2D eigenvalue weighted by molar-refractivity contribution is -0.870. The van der Waals surface area contributed by atoms with Crippen LogP contribution in [0.5, 0.6) is 0 Å². The third-order valence-electron chi connectivity index (χ3n) is 4.45. The number of phosphoric ester groups is 2. The molecule has 0 saturated carbocycles. The lowest BCUT2D eigenvalue weighted by Gasteiger charge is -2.28. The standard InChI is InChI=1S/C12H26NO7P.C9H22NO6P.C3H6O2.5CH4/c1-6-12(14)20-11(9-17-5)10-19-21(15,16)18-8-7-13(2,3)4;1-10(2,3)5-6-15-17(12,13)16-8-9(11)7-14-4;1-2-3(4)5;;;;;/h11H,6-10H2,1-5H3;9,11H,5-8H2,1-4H3;2H2,1H3,(H,4,5);5*1H4/p-1. The van der Waals surface area contributed by atoms with Crippen molar-refractivity contribution in [2.24, 2.45) is 0 Å². The van der Waals surface area contributed by atoms with Gasteiger partial charge in [0.15, 0.2) is 0 Å². The SMILES string of the molecule is C.C.C.C.C.CCC(=O)OC(COC)COP(=O)([O-])OCC[N+](C)(C)C.CCC(=O)[O-].COCC(O)COP(=O)([O-])OCC[N+](C)(C)C. The Morgan fingerprint density at radius 3 is 1.31 bits per heavy atom. The van der Waals surface area contributed by atoms with Gasteiger partial charge in [-0.15, -0.1) is 0 Å². The van der Waals surface area contributed by atoms with Crippen molar-refractivity contribution in [2.45, 2.75) is 76.0 Å². The number of phosphoric acid groups is 2. The van der Waals surface area contributed by atoms with Crippen molar-refractivity contribution in [3.05, 3.63) is 0 Å². The summed E-state index contributed by atoms with van der Waals surface area (Å²) in [5, 5.41) is 18.5. The molecular formula is C29H73N2O15P2-. The van der Waals surface area contributed by atoms with E-state index in [4.69, 9.17) is 18.5 Å². The fourth-order valence-electron chi connectivity index (χ4n) is 2.09. The zero-order valence-corrected chi connectivity index (χ0v) is 29.0. The van der Waals surface area contributed by atoms with Crippen molar-refractivity contribution >= 4 is 27.6 Å². The van der Waals surface area contributed by atoms with E-state index in [-0.39, 0.29) is 89.6 Å². The minimum Gasteiger partial charge on any atom is -0.756 e. The van der Waals surface area contributed by atoms with Crippen molar-refractivity contribution in [2.75, 3.05) is 109 Å². The summed E-state index contributed by atoms with van der Waals surface area (Å²) < 4.78 is 57.1. The molecule has 0 heterocycles. The van der Waals surface area contributed by atoms with Gasteiger partial charge in [0.25, 0.3) is 15.6 Å². The van der Waals surface area contributed by atoms with Crippen LogP contribution < -0.4 is 14.9 Å². The highest BCUT2D eigenvalue weighted by atomic mass is 31.2. The highest BCUT2D eigenvalue weighted by molar-refractivity contribution is 7.46. The average molecular weight is 752 g/mol. The molecule has 0 aliphatic heterocycles. The van der Waals surface area contributed by atoms with Gasteiger partial charge in [-0.2, -0.15) is 0 Å². The molecule has 17 nitrogen and oxygen atoms in total. The van der Waals surface area contributed by atoms with Crippen LogP contribution >= 0.6 is 15.6 Å². The fourth-order valence-corrected chi connectivity index (χ4v) is 3.55. The summed E-state index contributed by atoms with van der Waals surface area (Å²) in [6.07, 6.45) is -1.47. The van der Waals surface area contributed by atoms with Crippen LogP contribution in [0.1, 0.15) is 63.8 Å². The summed E-state index contributed by atoms with van der Waals surface area (Å²) in [6.45, 7) is 3.67. The van der Waals surface area contributed by atoms with E-state index in [1.807, 2.05) is 42.3 Å². The fraction of sp³-hybridized carbons (Fsp3) is 0.931. The second-order valence-electron chi connectivity index (χ2n) is 10.9. The van der Waals surface area contributed by atoms with Crippen molar-refractivity contribution in [1.82, 2.24) is 0 Å².